The summed E-state index contributed by atoms with van der Waals surface area (Å²) in [6, 6.07) is 45.5. The Morgan fingerprint density at radius 2 is 1.34 bits per heavy atom. The van der Waals surface area contributed by atoms with Crippen LogP contribution in [-0.2, 0) is 0 Å². The number of hydrogen-bond donors (Lipinski definition) is 1. The number of pyridine rings is 1. The quantitative estimate of drug-likeness (QED) is 0.202. The predicted octanol–water partition coefficient (Wildman–Crippen LogP) is 5.54. The molecule has 2 bridgehead atoms. The fraction of sp³-hybridized carbons (Fsp3) is 0.270. The van der Waals surface area contributed by atoms with Gasteiger partial charge in [-0.2, -0.15) is 0 Å². The van der Waals surface area contributed by atoms with Crippen LogP contribution in [0.4, 0.5) is 0 Å². The molecule has 5 aromatic rings. The Balaban J connectivity index is 1.17. The predicted molar refractivity (Wildman–Crippen MR) is 172 cm³/mol. The maximum absolute atomic E-state index is 11.7. The molecule has 3 nitrogen and oxygen atoms in total. The van der Waals surface area contributed by atoms with Crippen LogP contribution >= 0.6 is 0 Å². The number of nitrogens with zero attached hydrogens (tertiary/aromatic N) is 2. The lowest BCUT2D eigenvalue weighted by atomic mass is 9.72. The lowest BCUT2D eigenvalue weighted by Gasteiger charge is -2.52. The number of piperidine rings is 3. The molecule has 1 unspecified atom stereocenters. The second kappa shape index (κ2) is 11.4. The maximum Gasteiger partial charge on any atom is 0.148 e. The average Bonchev–Trinajstić information content (AvgIpc) is 3.06. The van der Waals surface area contributed by atoms with E-state index in [1.807, 2.05) is 30.5 Å². The summed E-state index contributed by atoms with van der Waals surface area (Å²) in [6.07, 6.45) is 4.88. The van der Waals surface area contributed by atoms with E-state index in [0.717, 1.165) is 36.0 Å². The largest absolute Gasteiger partial charge is 0.387 e. The van der Waals surface area contributed by atoms with E-state index in [9.17, 15) is 5.11 Å². The number of para-hydroxylation sites is 1. The van der Waals surface area contributed by atoms with Crippen molar-refractivity contribution in [1.29, 1.82) is 0 Å². The number of benzene rings is 4. The molecule has 0 amide bonds. The number of fused-ring (bicyclic) bond motifs is 4. The van der Waals surface area contributed by atoms with Crippen LogP contribution in [0.3, 0.4) is 0 Å². The first kappa shape index (κ1) is 26.3. The zero-order valence-electron chi connectivity index (χ0n) is 23.5. The first-order chi connectivity index (χ1) is 20.2. The second-order valence-electron chi connectivity index (χ2n) is 12.0. The van der Waals surface area contributed by atoms with Gasteiger partial charge in [-0.25, -0.2) is 0 Å². The molecule has 3 aliphatic rings. The Morgan fingerprint density at radius 1 is 0.756 bits per heavy atom. The van der Waals surface area contributed by atoms with Crippen molar-refractivity contribution >= 4 is 34.5 Å². The van der Waals surface area contributed by atoms with Crippen LogP contribution in [0, 0.1) is 11.8 Å². The van der Waals surface area contributed by atoms with Crippen molar-refractivity contribution in [3.05, 3.63) is 133 Å². The monoisotopic (exact) mass is 554 g/mol. The highest BCUT2D eigenvalue weighted by Crippen LogP contribution is 2.43. The second-order valence-corrected chi connectivity index (χ2v) is 16.1. The van der Waals surface area contributed by atoms with E-state index in [1.165, 1.54) is 34.4 Å². The molecule has 0 saturated carbocycles. The van der Waals surface area contributed by atoms with Gasteiger partial charge in [-0.3, -0.25) is 9.88 Å². The molecule has 4 heteroatoms. The van der Waals surface area contributed by atoms with Gasteiger partial charge in [-0.05, 0) is 70.5 Å². The summed E-state index contributed by atoms with van der Waals surface area (Å²) in [7, 11) is -2.23. The molecule has 1 N–H and O–H groups in total. The molecule has 4 heterocycles. The Morgan fingerprint density at radius 3 is 1.93 bits per heavy atom. The molecular formula is C37H38N2OSi. The molecule has 0 aliphatic carbocycles. The molecule has 206 valence electrons. The molecule has 3 aliphatic heterocycles. The first-order valence-corrected chi connectivity index (χ1v) is 17.4. The van der Waals surface area contributed by atoms with E-state index in [4.69, 9.17) is 0 Å². The average molecular weight is 555 g/mol. The van der Waals surface area contributed by atoms with Crippen molar-refractivity contribution in [3.63, 3.8) is 0 Å². The third-order valence-electron chi connectivity index (χ3n) is 9.99. The minimum absolute atomic E-state index is 0.176. The summed E-state index contributed by atoms with van der Waals surface area (Å²) in [5.41, 5.74) is 1.98. The molecule has 0 spiro atoms. The number of hydrogen-bond acceptors (Lipinski definition) is 3. The summed E-state index contributed by atoms with van der Waals surface area (Å²) in [6.45, 7) is 2.17. The number of aromatic nitrogens is 1. The van der Waals surface area contributed by atoms with E-state index in [-0.39, 0.29) is 6.04 Å². The summed E-state index contributed by atoms with van der Waals surface area (Å²) < 4.78 is 0. The van der Waals surface area contributed by atoms with Gasteiger partial charge in [0, 0.05) is 24.2 Å². The minimum Gasteiger partial charge on any atom is -0.387 e. The van der Waals surface area contributed by atoms with Crippen molar-refractivity contribution in [2.45, 2.75) is 37.5 Å². The SMILES string of the molecule is O[C@H](c1ccnc2ccccc12)[C@@H]1C[C@@H]2CCN1C[C@@H]2CC[Si](c1ccccc1)(c1ccccc1)c1ccccc1. The van der Waals surface area contributed by atoms with Gasteiger partial charge in [-0.1, -0.05) is 116 Å². The zero-order valence-corrected chi connectivity index (χ0v) is 24.5. The first-order valence-electron chi connectivity index (χ1n) is 15.2. The Labute approximate surface area is 244 Å². The van der Waals surface area contributed by atoms with Crippen molar-refractivity contribution < 1.29 is 5.11 Å². The molecule has 4 aromatic carbocycles. The molecule has 1 aromatic heterocycles. The molecule has 41 heavy (non-hydrogen) atoms. The van der Waals surface area contributed by atoms with Crippen molar-refractivity contribution in [1.82, 2.24) is 9.88 Å². The van der Waals surface area contributed by atoms with Gasteiger partial charge in [0.1, 0.15) is 8.07 Å². The fourth-order valence-electron chi connectivity index (χ4n) is 7.92. The normalized spacial score (nSPS) is 23.0. The van der Waals surface area contributed by atoms with Gasteiger partial charge >= 0.3 is 0 Å². The lowest BCUT2D eigenvalue weighted by molar-refractivity contribution is -0.0562. The standard InChI is InChI=1S/C37H38N2OSi/c40-37(34-20-23-38-35-19-11-10-18-33(34)35)36-26-28-21-24-39(36)27-29(28)22-25-41(30-12-4-1-5-13-30,31-14-6-2-7-15-31)32-16-8-3-9-17-32/h1-20,23,28-29,36-37,40H,21-22,24-27H2/t28-,29-,36-,37+/m0/s1. The van der Waals surface area contributed by atoms with Gasteiger partial charge < -0.3 is 5.11 Å². The highest BCUT2D eigenvalue weighted by Gasteiger charge is 2.45. The fourth-order valence-corrected chi connectivity index (χ4v) is 12.9. The smallest absolute Gasteiger partial charge is 0.148 e. The molecule has 0 radical (unpaired) electrons. The Bertz CT molecular complexity index is 1490. The topological polar surface area (TPSA) is 36.4 Å². The van der Waals surface area contributed by atoms with Gasteiger partial charge in [-0.15, -0.1) is 0 Å². The Hall–Kier alpha value is -3.57. The molecule has 3 saturated heterocycles. The van der Waals surface area contributed by atoms with Crippen molar-refractivity contribution in [2.24, 2.45) is 11.8 Å². The molecule has 5 atom stereocenters. The third-order valence-corrected chi connectivity index (χ3v) is 15.0. The van der Waals surface area contributed by atoms with Gasteiger partial charge in [0.2, 0.25) is 0 Å². The van der Waals surface area contributed by atoms with Crippen molar-refractivity contribution in [3.8, 4) is 0 Å². The highest BCUT2D eigenvalue weighted by atomic mass is 28.3. The van der Waals surface area contributed by atoms with Crippen LogP contribution in [-0.4, -0.2) is 42.2 Å². The lowest BCUT2D eigenvalue weighted by Crippen LogP contribution is -2.67. The van der Waals surface area contributed by atoms with Gasteiger partial charge in [0.15, 0.2) is 0 Å². The summed E-state index contributed by atoms with van der Waals surface area (Å²) in [4.78, 5) is 7.13. The summed E-state index contributed by atoms with van der Waals surface area (Å²) >= 11 is 0. The van der Waals surface area contributed by atoms with Crippen LogP contribution in [0.1, 0.15) is 30.9 Å². The van der Waals surface area contributed by atoms with Crippen LogP contribution in [0.5, 0.6) is 0 Å². The van der Waals surface area contributed by atoms with E-state index >= 15 is 0 Å². The van der Waals surface area contributed by atoms with Gasteiger partial charge in [0.25, 0.3) is 0 Å². The van der Waals surface area contributed by atoms with E-state index < -0.39 is 14.2 Å². The molecular weight excluding hydrogens is 517 g/mol. The van der Waals surface area contributed by atoms with E-state index in [2.05, 4.69) is 107 Å². The number of rotatable bonds is 8. The van der Waals surface area contributed by atoms with Gasteiger partial charge in [0.05, 0.1) is 11.6 Å². The maximum atomic E-state index is 11.7. The van der Waals surface area contributed by atoms with Crippen LogP contribution in [0.15, 0.2) is 128 Å². The highest BCUT2D eigenvalue weighted by molar-refractivity contribution is 7.11. The van der Waals surface area contributed by atoms with Crippen LogP contribution in [0.25, 0.3) is 10.9 Å². The summed E-state index contributed by atoms with van der Waals surface area (Å²) in [5, 5.41) is 17.3. The Kier molecular flexibility index (Phi) is 7.30. The third kappa shape index (κ3) is 4.84. The van der Waals surface area contributed by atoms with Crippen LogP contribution < -0.4 is 15.6 Å². The number of aliphatic hydroxyl groups excluding tert-OH is 1. The van der Waals surface area contributed by atoms with Crippen LogP contribution in [0.2, 0.25) is 6.04 Å². The van der Waals surface area contributed by atoms with Crippen molar-refractivity contribution in [2.75, 3.05) is 13.1 Å². The molecule has 3 fully saturated rings. The molecule has 8 rings (SSSR count). The summed E-state index contributed by atoms with van der Waals surface area (Å²) in [5.74, 6) is 1.31. The minimum atomic E-state index is -2.23. The number of aliphatic hydroxyl groups is 1. The zero-order chi connectivity index (χ0) is 27.6. The van der Waals surface area contributed by atoms with E-state index in [0.29, 0.717) is 11.8 Å². The van der Waals surface area contributed by atoms with E-state index in [1.54, 1.807) is 0 Å².